The van der Waals surface area contributed by atoms with Crippen LogP contribution in [0, 0.1) is 0 Å². The minimum absolute atomic E-state index is 0.00292. The third kappa shape index (κ3) is 5.14. The summed E-state index contributed by atoms with van der Waals surface area (Å²) < 4.78 is 34.8. The SMILES string of the molecule is COc1c(OCCCS(C)(=O)=O)ccc2c(=O)n(C)c(NC(=O)c3ccc(N)nc3)nc12. The van der Waals surface area contributed by atoms with E-state index in [0.29, 0.717) is 12.2 Å². The Kier molecular flexibility index (Phi) is 6.63. The maximum Gasteiger partial charge on any atom is 0.262 e. The first-order valence-corrected chi connectivity index (χ1v) is 11.6. The predicted molar refractivity (Wildman–Crippen MR) is 120 cm³/mol. The number of sulfone groups is 1. The van der Waals surface area contributed by atoms with Gasteiger partial charge in [0.15, 0.2) is 11.5 Å². The molecule has 0 radical (unpaired) electrons. The van der Waals surface area contributed by atoms with Crippen LogP contribution in [0.3, 0.4) is 0 Å². The summed E-state index contributed by atoms with van der Waals surface area (Å²) in [6, 6.07) is 6.08. The first-order valence-electron chi connectivity index (χ1n) is 9.52. The number of pyridine rings is 1. The molecule has 0 atom stereocenters. The number of nitrogens with two attached hydrogens (primary N) is 1. The number of methoxy groups -OCH3 is 1. The number of anilines is 2. The van der Waals surface area contributed by atoms with Gasteiger partial charge in [-0.3, -0.25) is 19.5 Å². The summed E-state index contributed by atoms with van der Waals surface area (Å²) in [6.07, 6.45) is 2.76. The molecule has 3 N–H and O–H groups in total. The maximum absolute atomic E-state index is 12.8. The number of nitrogens with zero attached hydrogens (tertiary/aromatic N) is 3. The summed E-state index contributed by atoms with van der Waals surface area (Å²) >= 11 is 0. The van der Waals surface area contributed by atoms with Crippen LogP contribution in [-0.2, 0) is 16.9 Å². The molecule has 0 unspecified atom stereocenters. The van der Waals surface area contributed by atoms with E-state index in [1.54, 1.807) is 6.07 Å². The van der Waals surface area contributed by atoms with E-state index in [0.717, 1.165) is 6.26 Å². The summed E-state index contributed by atoms with van der Waals surface area (Å²) in [4.78, 5) is 33.7. The molecule has 2 aromatic heterocycles. The number of benzene rings is 1. The van der Waals surface area contributed by atoms with Crippen LogP contribution in [0.15, 0.2) is 35.3 Å². The van der Waals surface area contributed by atoms with E-state index in [1.165, 1.54) is 43.1 Å². The van der Waals surface area contributed by atoms with Crippen molar-refractivity contribution in [2.45, 2.75) is 6.42 Å². The number of rotatable bonds is 8. The zero-order valence-corrected chi connectivity index (χ0v) is 18.6. The Morgan fingerprint density at radius 1 is 1.25 bits per heavy atom. The van der Waals surface area contributed by atoms with E-state index >= 15 is 0 Å². The van der Waals surface area contributed by atoms with Gasteiger partial charge < -0.3 is 15.2 Å². The van der Waals surface area contributed by atoms with Gasteiger partial charge in [-0.15, -0.1) is 0 Å². The number of carbonyl (C=O) groups is 1. The molecular formula is C20H23N5O6S. The third-order valence-electron chi connectivity index (χ3n) is 4.56. The number of nitrogen functional groups attached to an aromatic ring is 1. The second-order valence-electron chi connectivity index (χ2n) is 7.05. The van der Waals surface area contributed by atoms with Gasteiger partial charge in [0, 0.05) is 19.5 Å². The van der Waals surface area contributed by atoms with Crippen LogP contribution in [0.25, 0.3) is 10.9 Å². The molecule has 0 aliphatic carbocycles. The predicted octanol–water partition coefficient (Wildman–Crippen LogP) is 0.985. The Hall–Kier alpha value is -3.67. The third-order valence-corrected chi connectivity index (χ3v) is 5.59. The molecule has 1 amide bonds. The number of hydrogen-bond acceptors (Lipinski definition) is 9. The lowest BCUT2D eigenvalue weighted by Gasteiger charge is -2.15. The molecule has 3 aromatic rings. The smallest absolute Gasteiger partial charge is 0.262 e. The monoisotopic (exact) mass is 461 g/mol. The van der Waals surface area contributed by atoms with Gasteiger partial charge in [-0.25, -0.2) is 18.4 Å². The minimum Gasteiger partial charge on any atom is -0.491 e. The van der Waals surface area contributed by atoms with Crippen molar-refractivity contribution in [1.29, 1.82) is 0 Å². The van der Waals surface area contributed by atoms with Crippen LogP contribution >= 0.6 is 0 Å². The van der Waals surface area contributed by atoms with Crippen molar-refractivity contribution < 1.29 is 22.7 Å². The number of carbonyl (C=O) groups excluding carboxylic acids is 1. The van der Waals surface area contributed by atoms with E-state index in [4.69, 9.17) is 15.2 Å². The number of fused-ring (bicyclic) bond motifs is 1. The fourth-order valence-electron chi connectivity index (χ4n) is 2.93. The van der Waals surface area contributed by atoms with Crippen molar-refractivity contribution in [3.63, 3.8) is 0 Å². The Labute approximate surface area is 184 Å². The normalized spacial score (nSPS) is 11.3. The van der Waals surface area contributed by atoms with Crippen molar-refractivity contribution in [3.05, 3.63) is 46.4 Å². The van der Waals surface area contributed by atoms with Crippen molar-refractivity contribution in [2.24, 2.45) is 7.05 Å². The average molecular weight is 462 g/mol. The second kappa shape index (κ2) is 9.22. The quantitative estimate of drug-likeness (QED) is 0.467. The summed E-state index contributed by atoms with van der Waals surface area (Å²) in [7, 11) is -0.223. The molecule has 0 fully saturated rings. The highest BCUT2D eigenvalue weighted by atomic mass is 32.2. The highest BCUT2D eigenvalue weighted by Gasteiger charge is 2.18. The molecular weight excluding hydrogens is 438 g/mol. The van der Waals surface area contributed by atoms with Crippen molar-refractivity contribution in [2.75, 3.05) is 36.8 Å². The zero-order valence-electron chi connectivity index (χ0n) is 17.8. The molecule has 32 heavy (non-hydrogen) atoms. The van der Waals surface area contributed by atoms with Crippen LogP contribution in [-0.4, -0.2) is 54.6 Å². The molecule has 0 saturated heterocycles. The first kappa shape index (κ1) is 23.0. The molecule has 0 spiro atoms. The number of ether oxygens (including phenoxy) is 2. The van der Waals surface area contributed by atoms with Gasteiger partial charge in [0.25, 0.3) is 11.5 Å². The number of amides is 1. The molecule has 11 nitrogen and oxygen atoms in total. The summed E-state index contributed by atoms with van der Waals surface area (Å²) in [5.41, 5.74) is 5.58. The fourth-order valence-corrected chi connectivity index (χ4v) is 3.58. The van der Waals surface area contributed by atoms with E-state index in [2.05, 4.69) is 15.3 Å². The molecule has 0 saturated carbocycles. The van der Waals surface area contributed by atoms with Gasteiger partial charge in [0.1, 0.15) is 21.2 Å². The summed E-state index contributed by atoms with van der Waals surface area (Å²) in [5.74, 6) is 0.228. The molecule has 0 aliphatic heterocycles. The fraction of sp³-hybridized carbons (Fsp3) is 0.300. The second-order valence-corrected chi connectivity index (χ2v) is 9.31. The maximum atomic E-state index is 12.8. The number of aromatic nitrogens is 3. The van der Waals surface area contributed by atoms with E-state index in [1.807, 2.05) is 0 Å². The van der Waals surface area contributed by atoms with E-state index < -0.39 is 21.3 Å². The first-order chi connectivity index (χ1) is 15.1. The zero-order chi connectivity index (χ0) is 23.5. The number of nitrogens with one attached hydrogen (secondary N) is 1. The highest BCUT2D eigenvalue weighted by Crippen LogP contribution is 2.34. The lowest BCUT2D eigenvalue weighted by atomic mass is 10.2. The largest absolute Gasteiger partial charge is 0.491 e. The molecule has 12 heteroatoms. The molecule has 170 valence electrons. The van der Waals surface area contributed by atoms with Crippen LogP contribution < -0.4 is 26.1 Å². The Balaban J connectivity index is 1.94. The van der Waals surface area contributed by atoms with Crippen LogP contribution in [0.5, 0.6) is 11.5 Å². The number of hydrogen-bond donors (Lipinski definition) is 2. The molecule has 1 aromatic carbocycles. The topological polar surface area (TPSA) is 156 Å². The summed E-state index contributed by atoms with van der Waals surface area (Å²) in [5, 5.41) is 2.85. The molecule has 3 rings (SSSR count). The van der Waals surface area contributed by atoms with Gasteiger partial charge in [0.05, 0.1) is 30.4 Å². The van der Waals surface area contributed by atoms with Gasteiger partial charge in [-0.05, 0) is 30.7 Å². The van der Waals surface area contributed by atoms with E-state index in [-0.39, 0.29) is 46.3 Å². The van der Waals surface area contributed by atoms with E-state index in [9.17, 15) is 18.0 Å². The lowest BCUT2D eigenvalue weighted by molar-refractivity contribution is 0.102. The molecule has 2 heterocycles. The van der Waals surface area contributed by atoms with Gasteiger partial charge in [0.2, 0.25) is 5.95 Å². The van der Waals surface area contributed by atoms with Crippen molar-refractivity contribution in [1.82, 2.24) is 14.5 Å². The average Bonchev–Trinajstić information content (AvgIpc) is 2.74. The summed E-state index contributed by atoms with van der Waals surface area (Å²) in [6.45, 7) is 0.132. The van der Waals surface area contributed by atoms with Crippen LogP contribution in [0.4, 0.5) is 11.8 Å². The highest BCUT2D eigenvalue weighted by molar-refractivity contribution is 7.90. The van der Waals surface area contributed by atoms with Crippen LogP contribution in [0.1, 0.15) is 16.8 Å². The van der Waals surface area contributed by atoms with Gasteiger partial charge in [-0.2, -0.15) is 0 Å². The lowest BCUT2D eigenvalue weighted by Crippen LogP contribution is -2.25. The van der Waals surface area contributed by atoms with Crippen molar-refractivity contribution in [3.8, 4) is 11.5 Å². The van der Waals surface area contributed by atoms with Gasteiger partial charge >= 0.3 is 0 Å². The van der Waals surface area contributed by atoms with Gasteiger partial charge in [-0.1, -0.05) is 0 Å². The van der Waals surface area contributed by atoms with Crippen LogP contribution in [0.2, 0.25) is 0 Å². The minimum atomic E-state index is -3.10. The van der Waals surface area contributed by atoms with Crippen molar-refractivity contribution >= 4 is 38.4 Å². The molecule has 0 bridgehead atoms. The Morgan fingerprint density at radius 2 is 2.00 bits per heavy atom. The Bertz CT molecular complexity index is 1320. The molecule has 0 aliphatic rings. The Morgan fingerprint density at radius 3 is 2.62 bits per heavy atom. The standard InChI is InChI=1S/C20H23N5O6S/c1-25-19(27)13-6-7-14(31-9-4-10-32(3,28)29)17(30-2)16(13)23-20(25)24-18(26)12-5-8-15(21)22-11-12/h5-8,11H,4,9-10H2,1-3H3,(H2,21,22)(H,23,24,26).